The molecule has 0 aromatic rings. The van der Waals surface area contributed by atoms with Gasteiger partial charge in [0, 0.05) is 0 Å². The second-order valence-electron chi connectivity index (χ2n) is 3.84. The summed E-state index contributed by atoms with van der Waals surface area (Å²) in [5.41, 5.74) is 0. The van der Waals surface area contributed by atoms with Gasteiger partial charge >= 0.3 is 5.97 Å². The van der Waals surface area contributed by atoms with Crippen LogP contribution in [0.3, 0.4) is 0 Å². The van der Waals surface area contributed by atoms with Gasteiger partial charge in [0.2, 0.25) is 0 Å². The summed E-state index contributed by atoms with van der Waals surface area (Å²) in [6, 6.07) is 0. The largest absolute Gasteiger partial charge is 0.461 e. The highest BCUT2D eigenvalue weighted by atomic mass is 16.7. The first-order chi connectivity index (χ1) is 7.84. The molecule has 1 saturated heterocycles. The molecule has 5 N–H and O–H groups in total. The molecule has 0 saturated carbocycles. The Morgan fingerprint density at radius 1 is 1.24 bits per heavy atom. The standard InChI is InChI=1S/C9H16O8/c1-3(10)8(14)16-2-4-5(11)6(12)7(13)9(15)17-4/h3-7,9-13,15H,2H2,1H3/t3-,4-,5+,6+,7-,9+/m1/s1. The summed E-state index contributed by atoms with van der Waals surface area (Å²) in [6.07, 6.45) is -8.91. The first kappa shape index (κ1) is 14.3. The maximum absolute atomic E-state index is 10.9. The van der Waals surface area contributed by atoms with Crippen molar-refractivity contribution in [1.29, 1.82) is 0 Å². The molecule has 1 aliphatic heterocycles. The Morgan fingerprint density at radius 3 is 2.35 bits per heavy atom. The smallest absolute Gasteiger partial charge is 0.334 e. The number of esters is 1. The van der Waals surface area contributed by atoms with E-state index in [1.54, 1.807) is 0 Å². The Hall–Kier alpha value is -0.770. The van der Waals surface area contributed by atoms with Crippen LogP contribution in [0.25, 0.3) is 0 Å². The highest BCUT2D eigenvalue weighted by Gasteiger charge is 2.43. The second kappa shape index (κ2) is 5.71. The molecule has 17 heavy (non-hydrogen) atoms. The molecule has 6 atom stereocenters. The molecule has 1 aliphatic rings. The molecule has 1 heterocycles. The number of hydrogen-bond acceptors (Lipinski definition) is 8. The van der Waals surface area contributed by atoms with Gasteiger partial charge in [-0.1, -0.05) is 0 Å². The van der Waals surface area contributed by atoms with Crippen LogP contribution in [0.15, 0.2) is 0 Å². The summed E-state index contributed by atoms with van der Waals surface area (Å²) in [5.74, 6) is -0.920. The van der Waals surface area contributed by atoms with Crippen LogP contribution in [0.5, 0.6) is 0 Å². The summed E-state index contributed by atoms with van der Waals surface area (Å²) >= 11 is 0. The average molecular weight is 252 g/mol. The minimum atomic E-state index is -1.68. The molecule has 8 nitrogen and oxygen atoms in total. The van der Waals surface area contributed by atoms with Crippen molar-refractivity contribution < 1.29 is 39.8 Å². The lowest BCUT2D eigenvalue weighted by atomic mass is 9.99. The van der Waals surface area contributed by atoms with Gasteiger partial charge in [-0.25, -0.2) is 4.79 Å². The number of carbonyl (C=O) groups is 1. The fourth-order valence-electron chi connectivity index (χ4n) is 1.35. The zero-order chi connectivity index (χ0) is 13.2. The summed E-state index contributed by atoms with van der Waals surface area (Å²) in [4.78, 5) is 10.9. The van der Waals surface area contributed by atoms with E-state index in [-0.39, 0.29) is 0 Å². The Balaban J connectivity index is 2.51. The van der Waals surface area contributed by atoms with Crippen molar-refractivity contribution in [2.24, 2.45) is 0 Å². The molecule has 0 spiro atoms. The molecular formula is C9H16O8. The van der Waals surface area contributed by atoms with E-state index >= 15 is 0 Å². The molecule has 1 rings (SSSR count). The number of carbonyl (C=O) groups excluding carboxylic acids is 1. The highest BCUT2D eigenvalue weighted by Crippen LogP contribution is 2.20. The molecular weight excluding hydrogens is 236 g/mol. The third-order valence-electron chi connectivity index (χ3n) is 2.42. The Bertz CT molecular complexity index is 268. The monoisotopic (exact) mass is 252 g/mol. The van der Waals surface area contributed by atoms with Crippen molar-refractivity contribution in [3.8, 4) is 0 Å². The number of aliphatic hydroxyl groups is 5. The minimum Gasteiger partial charge on any atom is -0.461 e. The normalized spacial score (nSPS) is 39.8. The lowest BCUT2D eigenvalue weighted by Gasteiger charge is -2.37. The fraction of sp³-hybridized carbons (Fsp3) is 0.889. The summed E-state index contributed by atoms with van der Waals surface area (Å²) in [6.45, 7) is 0.750. The Morgan fingerprint density at radius 2 is 1.82 bits per heavy atom. The van der Waals surface area contributed by atoms with E-state index < -0.39 is 49.4 Å². The number of rotatable bonds is 3. The number of ether oxygens (including phenoxy) is 2. The van der Waals surface area contributed by atoms with E-state index in [2.05, 4.69) is 4.74 Å². The van der Waals surface area contributed by atoms with Crippen LogP contribution < -0.4 is 0 Å². The van der Waals surface area contributed by atoms with Gasteiger partial charge in [-0.2, -0.15) is 0 Å². The van der Waals surface area contributed by atoms with Gasteiger partial charge in [0.15, 0.2) is 6.29 Å². The Labute approximate surface area is 97.0 Å². The molecule has 8 heteroatoms. The van der Waals surface area contributed by atoms with Gasteiger partial charge in [-0.05, 0) is 6.92 Å². The van der Waals surface area contributed by atoms with Gasteiger partial charge in [0.25, 0.3) is 0 Å². The van der Waals surface area contributed by atoms with Crippen LogP contribution in [0, 0.1) is 0 Å². The van der Waals surface area contributed by atoms with Crippen LogP contribution in [-0.4, -0.2) is 74.9 Å². The molecule has 0 radical (unpaired) electrons. The Kier molecular flexibility index (Phi) is 4.80. The quantitative estimate of drug-likeness (QED) is 0.330. The maximum atomic E-state index is 10.9. The predicted octanol–water partition coefficient (Wildman–Crippen LogP) is -3.29. The predicted molar refractivity (Wildman–Crippen MR) is 51.5 cm³/mol. The first-order valence-electron chi connectivity index (χ1n) is 5.07. The zero-order valence-electron chi connectivity index (χ0n) is 9.13. The van der Waals surface area contributed by atoms with Gasteiger partial charge < -0.3 is 35.0 Å². The molecule has 0 amide bonds. The molecule has 0 unspecified atom stereocenters. The SMILES string of the molecule is C[C@@H](O)C(=O)OC[C@H]1O[C@H](O)[C@H](O)[C@@H](O)[C@H]1O. The van der Waals surface area contributed by atoms with Crippen LogP contribution in [0.2, 0.25) is 0 Å². The molecule has 0 bridgehead atoms. The van der Waals surface area contributed by atoms with E-state index in [0.717, 1.165) is 0 Å². The third kappa shape index (κ3) is 3.35. The minimum absolute atomic E-state index is 0.453. The highest BCUT2D eigenvalue weighted by molar-refractivity contribution is 5.73. The van der Waals surface area contributed by atoms with E-state index in [1.807, 2.05) is 0 Å². The first-order valence-corrected chi connectivity index (χ1v) is 5.07. The van der Waals surface area contributed by atoms with Crippen molar-refractivity contribution in [1.82, 2.24) is 0 Å². The van der Waals surface area contributed by atoms with Crippen LogP contribution in [0.1, 0.15) is 6.92 Å². The fourth-order valence-corrected chi connectivity index (χ4v) is 1.35. The average Bonchev–Trinajstić information content (AvgIpc) is 2.28. The lowest BCUT2D eigenvalue weighted by molar-refractivity contribution is -0.287. The molecule has 0 aromatic heterocycles. The van der Waals surface area contributed by atoms with Crippen LogP contribution in [0.4, 0.5) is 0 Å². The molecule has 0 aromatic carbocycles. The van der Waals surface area contributed by atoms with Crippen molar-refractivity contribution in [2.75, 3.05) is 6.61 Å². The van der Waals surface area contributed by atoms with E-state index in [4.69, 9.17) is 14.9 Å². The van der Waals surface area contributed by atoms with Gasteiger partial charge in [-0.3, -0.25) is 0 Å². The lowest BCUT2D eigenvalue weighted by Crippen LogP contribution is -2.58. The van der Waals surface area contributed by atoms with Crippen LogP contribution >= 0.6 is 0 Å². The number of aliphatic hydroxyl groups excluding tert-OH is 5. The van der Waals surface area contributed by atoms with Gasteiger partial charge in [-0.15, -0.1) is 0 Å². The third-order valence-corrected chi connectivity index (χ3v) is 2.42. The van der Waals surface area contributed by atoms with Crippen LogP contribution in [-0.2, 0) is 14.3 Å². The zero-order valence-corrected chi connectivity index (χ0v) is 9.13. The second-order valence-corrected chi connectivity index (χ2v) is 3.84. The van der Waals surface area contributed by atoms with Crippen molar-refractivity contribution in [2.45, 2.75) is 43.7 Å². The summed E-state index contributed by atoms with van der Waals surface area (Å²) in [7, 11) is 0. The molecule has 0 aliphatic carbocycles. The molecule has 100 valence electrons. The van der Waals surface area contributed by atoms with E-state index in [0.29, 0.717) is 0 Å². The van der Waals surface area contributed by atoms with E-state index in [1.165, 1.54) is 6.92 Å². The van der Waals surface area contributed by atoms with Gasteiger partial charge in [0.1, 0.15) is 37.1 Å². The van der Waals surface area contributed by atoms with Crippen molar-refractivity contribution in [3.63, 3.8) is 0 Å². The van der Waals surface area contributed by atoms with E-state index in [9.17, 15) is 20.1 Å². The molecule has 1 fully saturated rings. The summed E-state index contributed by atoms with van der Waals surface area (Å²) < 4.78 is 9.32. The van der Waals surface area contributed by atoms with Crippen molar-refractivity contribution in [3.05, 3.63) is 0 Å². The van der Waals surface area contributed by atoms with Gasteiger partial charge in [0.05, 0.1) is 0 Å². The maximum Gasteiger partial charge on any atom is 0.334 e. The van der Waals surface area contributed by atoms with Crippen molar-refractivity contribution >= 4 is 5.97 Å². The number of hydrogen-bond donors (Lipinski definition) is 5. The summed E-state index contributed by atoms with van der Waals surface area (Å²) in [5, 5.41) is 46.0. The topological polar surface area (TPSA) is 137 Å².